The Morgan fingerprint density at radius 3 is 0.800 bits per heavy atom. The van der Waals surface area contributed by atoms with Gasteiger partial charge in [-0.05, 0) is 0 Å². The van der Waals surface area contributed by atoms with Crippen LogP contribution in [0.25, 0.3) is 0 Å². The van der Waals surface area contributed by atoms with E-state index in [-0.39, 0.29) is 126 Å². The van der Waals surface area contributed by atoms with Gasteiger partial charge >= 0.3 is 118 Å². The van der Waals surface area contributed by atoms with Gasteiger partial charge in [-0.25, -0.2) is 0 Å². The third kappa shape index (κ3) is 88.5. The summed E-state index contributed by atoms with van der Waals surface area (Å²) in [6.45, 7) is 0. The van der Waals surface area contributed by atoms with Gasteiger partial charge in [0.15, 0.2) is 0 Å². The zero-order chi connectivity index (χ0) is 4.50. The van der Waals surface area contributed by atoms with Gasteiger partial charge in [0.25, 0.3) is 0 Å². The second-order valence-corrected chi connectivity index (χ2v) is 1.34. The maximum absolute atomic E-state index is 8.55. The van der Waals surface area contributed by atoms with E-state index in [1.807, 2.05) is 0 Å². The normalized spacial score (nSPS) is 5.90. The minimum atomic E-state index is -5.39. The van der Waals surface area contributed by atoms with Crippen LogP contribution in [-0.4, -0.2) is 0 Å². The molecule has 0 aliphatic heterocycles. The van der Waals surface area contributed by atoms with Gasteiger partial charge in [0.1, 0.15) is 0 Å². The molecule has 40 valence electrons. The van der Waals surface area contributed by atoms with Crippen LogP contribution in [0.5, 0.6) is 0 Å². The van der Waals surface area contributed by atoms with E-state index in [2.05, 4.69) is 0 Å². The molecule has 0 aromatic rings. The van der Waals surface area contributed by atoms with Gasteiger partial charge in [0.05, 0.1) is 0 Å². The Morgan fingerprint density at radius 2 is 0.800 bits per heavy atom. The van der Waals surface area contributed by atoms with Crippen LogP contribution in [0.15, 0.2) is 0 Å². The van der Waals surface area contributed by atoms with Gasteiger partial charge in [-0.3, -0.25) is 0 Å². The van der Waals surface area contributed by atoms with Crippen LogP contribution in [-0.2, 0) is 4.57 Å². The number of hydrogen-bond donors (Lipinski definition) is 0. The van der Waals surface area contributed by atoms with Gasteiger partial charge in [0.2, 0.25) is 0 Å². The van der Waals surface area contributed by atoms with Crippen molar-refractivity contribution >= 4 is 7.82 Å². The van der Waals surface area contributed by atoms with E-state index in [4.69, 9.17) is 19.2 Å². The standard InChI is InChI=1S/CH3.4Na.H3O4P/c;;;;;1-5(2,3)4/h1H3;;;;;(H3,1,2,3,4)/q-1;4*+1;/p-3. The van der Waals surface area contributed by atoms with Gasteiger partial charge in [-0.2, -0.15) is 7.82 Å². The van der Waals surface area contributed by atoms with Gasteiger partial charge in [0, 0.05) is 0 Å². The molecule has 10 heavy (non-hydrogen) atoms. The minimum Gasteiger partial charge on any atom is -0.822 e. The fourth-order valence-corrected chi connectivity index (χ4v) is 0. The summed E-state index contributed by atoms with van der Waals surface area (Å²) in [7, 11) is -5.39. The maximum Gasteiger partial charge on any atom is 1.00 e. The molecule has 0 aliphatic carbocycles. The predicted octanol–water partition coefficient (Wildman–Crippen LogP) is -14.4. The van der Waals surface area contributed by atoms with Gasteiger partial charge < -0.3 is 26.7 Å². The molecule has 0 aromatic heterocycles. The van der Waals surface area contributed by atoms with E-state index in [0.717, 1.165) is 0 Å². The van der Waals surface area contributed by atoms with Crippen LogP contribution in [0.1, 0.15) is 0 Å². The van der Waals surface area contributed by atoms with Crippen molar-refractivity contribution in [3.8, 4) is 0 Å². The van der Waals surface area contributed by atoms with Crippen molar-refractivity contribution in [2.45, 2.75) is 0 Å². The smallest absolute Gasteiger partial charge is 0.822 e. The fourth-order valence-electron chi connectivity index (χ4n) is 0. The van der Waals surface area contributed by atoms with Crippen molar-refractivity contribution in [3.05, 3.63) is 7.43 Å². The molecule has 0 atom stereocenters. The first-order valence-corrected chi connectivity index (χ1v) is 2.19. The molecule has 9 heteroatoms. The summed E-state index contributed by atoms with van der Waals surface area (Å²) >= 11 is 0. The van der Waals surface area contributed by atoms with E-state index in [1.165, 1.54) is 0 Å². The molecule has 0 rings (SSSR count). The van der Waals surface area contributed by atoms with Crippen molar-refractivity contribution in [3.63, 3.8) is 0 Å². The molecule has 0 amide bonds. The molecule has 0 saturated carbocycles. The van der Waals surface area contributed by atoms with E-state index in [1.54, 1.807) is 0 Å². The van der Waals surface area contributed by atoms with Gasteiger partial charge in [-0.15, -0.1) is 0 Å². The summed E-state index contributed by atoms with van der Waals surface area (Å²) in [4.78, 5) is 25.6. The van der Waals surface area contributed by atoms with E-state index in [9.17, 15) is 0 Å². The molecule has 0 radical (unpaired) electrons. The Balaban J connectivity index is -0.00000000800. The first-order valence-electron chi connectivity index (χ1n) is 0.730. The summed E-state index contributed by atoms with van der Waals surface area (Å²) in [6, 6.07) is 0. The van der Waals surface area contributed by atoms with Crippen molar-refractivity contribution < 1.29 is 137 Å². The van der Waals surface area contributed by atoms with E-state index in [0.29, 0.717) is 0 Å². The van der Waals surface area contributed by atoms with Crippen LogP contribution in [0.2, 0.25) is 0 Å². The Labute approximate surface area is 149 Å². The number of hydrogen-bond acceptors (Lipinski definition) is 4. The average molecular weight is 202 g/mol. The first kappa shape index (κ1) is 36.9. The third-order valence-electron chi connectivity index (χ3n) is 0. The van der Waals surface area contributed by atoms with E-state index >= 15 is 0 Å². The topological polar surface area (TPSA) is 86.2 Å². The van der Waals surface area contributed by atoms with Crippen LogP contribution in [0.4, 0.5) is 0 Å². The zero-order valence-corrected chi connectivity index (χ0v) is 16.0. The van der Waals surface area contributed by atoms with Crippen molar-refractivity contribution in [2.24, 2.45) is 0 Å². The third-order valence-corrected chi connectivity index (χ3v) is 0. The molecular weight excluding hydrogens is 199 g/mol. The summed E-state index contributed by atoms with van der Waals surface area (Å²) in [6.07, 6.45) is 0. The van der Waals surface area contributed by atoms with E-state index < -0.39 is 7.82 Å². The number of phosphoric acid groups is 1. The minimum absolute atomic E-state index is 0. The second kappa shape index (κ2) is 18.8. The monoisotopic (exact) mass is 202 g/mol. The Kier molecular flexibility index (Phi) is 69.4. The van der Waals surface area contributed by atoms with Crippen molar-refractivity contribution in [2.75, 3.05) is 0 Å². The molecule has 0 heterocycles. The predicted molar refractivity (Wildman–Crippen MR) is 14.0 cm³/mol. The molecule has 0 aromatic carbocycles. The molecule has 0 spiro atoms. The summed E-state index contributed by atoms with van der Waals surface area (Å²) < 4.78 is 8.55. The quantitative estimate of drug-likeness (QED) is 0.221. The van der Waals surface area contributed by atoms with Crippen LogP contribution in [0.3, 0.4) is 0 Å². The molecule has 0 aliphatic rings. The SMILES string of the molecule is O=P([O-])([O-])[O-].[CH3-].[Na+].[Na+].[Na+].[Na+]. The average Bonchev–Trinajstić information content (AvgIpc) is 0.722. The fraction of sp³-hybridized carbons (Fsp3) is 0. The molecule has 4 nitrogen and oxygen atoms in total. The largest absolute Gasteiger partial charge is 1.00 e. The molecule has 0 fully saturated rings. The molecule has 0 N–H and O–H groups in total. The summed E-state index contributed by atoms with van der Waals surface area (Å²) in [5.41, 5.74) is 0. The molecule has 0 unspecified atom stereocenters. The number of rotatable bonds is 0. The molecule has 0 bridgehead atoms. The molecule has 0 saturated heterocycles. The summed E-state index contributed by atoms with van der Waals surface area (Å²) in [5, 5.41) is 0. The van der Waals surface area contributed by atoms with Crippen molar-refractivity contribution in [1.29, 1.82) is 0 Å². The summed E-state index contributed by atoms with van der Waals surface area (Å²) in [5.74, 6) is 0. The Bertz CT molecular complexity index is 63.4. The van der Waals surface area contributed by atoms with Crippen LogP contribution in [0, 0.1) is 7.43 Å². The first-order chi connectivity index (χ1) is 2.00. The second-order valence-electron chi connectivity index (χ2n) is 0.447. The zero-order valence-electron chi connectivity index (χ0n) is 7.08. The van der Waals surface area contributed by atoms with Gasteiger partial charge in [-0.1, -0.05) is 0 Å². The van der Waals surface area contributed by atoms with Crippen LogP contribution < -0.4 is 133 Å². The van der Waals surface area contributed by atoms with Crippen molar-refractivity contribution in [1.82, 2.24) is 0 Å². The molecular formula is CH3Na4O4P. The van der Waals surface area contributed by atoms with Crippen LogP contribution >= 0.6 is 7.82 Å². The Morgan fingerprint density at radius 1 is 0.800 bits per heavy atom. The Hall–Kier alpha value is 4.11. The maximum atomic E-state index is 8.55.